The van der Waals surface area contributed by atoms with Gasteiger partial charge in [0.25, 0.3) is 0 Å². The Morgan fingerprint density at radius 3 is 2.44 bits per heavy atom. The lowest BCUT2D eigenvalue weighted by Crippen LogP contribution is -1.96. The summed E-state index contributed by atoms with van der Waals surface area (Å²) in [6.07, 6.45) is 0. The number of carbonyl (C=O) groups is 1. The molecule has 0 spiro atoms. The molecule has 0 aliphatic carbocycles. The van der Waals surface area contributed by atoms with Crippen molar-refractivity contribution in [1.82, 2.24) is 5.16 Å². The van der Waals surface area contributed by atoms with Crippen LogP contribution in [0.5, 0.6) is 5.75 Å². The molecule has 2 aromatic rings. The van der Waals surface area contributed by atoms with Crippen LogP contribution in [0.4, 0.5) is 0 Å². The van der Waals surface area contributed by atoms with Gasteiger partial charge < -0.3 is 14.7 Å². The van der Waals surface area contributed by atoms with Crippen molar-refractivity contribution in [2.45, 2.75) is 0 Å². The molecular formula is C10H6ClNO4. The lowest BCUT2D eigenvalue weighted by atomic mass is 10.1. The molecule has 1 heterocycles. The van der Waals surface area contributed by atoms with E-state index in [0.717, 1.165) is 0 Å². The van der Waals surface area contributed by atoms with E-state index in [-0.39, 0.29) is 22.2 Å². The summed E-state index contributed by atoms with van der Waals surface area (Å²) in [5, 5.41) is 21.1. The van der Waals surface area contributed by atoms with Crippen molar-refractivity contribution < 1.29 is 19.5 Å². The first-order chi connectivity index (χ1) is 7.59. The van der Waals surface area contributed by atoms with E-state index in [4.69, 9.17) is 26.3 Å². The highest BCUT2D eigenvalue weighted by Crippen LogP contribution is 2.31. The molecule has 0 aliphatic rings. The Balaban J connectivity index is 2.49. The Morgan fingerprint density at radius 1 is 1.31 bits per heavy atom. The minimum Gasteiger partial charge on any atom is -0.508 e. The zero-order chi connectivity index (χ0) is 11.7. The van der Waals surface area contributed by atoms with Crippen molar-refractivity contribution in [1.29, 1.82) is 0 Å². The number of carboxylic acid groups (broad SMARTS) is 1. The van der Waals surface area contributed by atoms with Crippen molar-refractivity contribution in [3.05, 3.63) is 35.0 Å². The minimum absolute atomic E-state index is 0.0572. The first-order valence-corrected chi connectivity index (χ1v) is 4.65. The van der Waals surface area contributed by atoms with Crippen molar-refractivity contribution in [2.75, 3.05) is 0 Å². The number of aromatic carboxylic acids is 1. The average molecular weight is 240 g/mol. The maximum atomic E-state index is 10.7. The highest BCUT2D eigenvalue weighted by Gasteiger charge is 2.20. The molecular weight excluding hydrogens is 234 g/mol. The maximum Gasteiger partial charge on any atom is 0.359 e. The number of hydrogen-bond donors (Lipinski definition) is 2. The Kier molecular flexibility index (Phi) is 2.54. The zero-order valence-corrected chi connectivity index (χ0v) is 8.60. The van der Waals surface area contributed by atoms with Gasteiger partial charge in [0.1, 0.15) is 10.8 Å². The lowest BCUT2D eigenvalue weighted by Gasteiger charge is -1.96. The summed E-state index contributed by atoms with van der Waals surface area (Å²) in [6.45, 7) is 0. The fraction of sp³-hybridized carbons (Fsp3) is 0. The molecule has 16 heavy (non-hydrogen) atoms. The topological polar surface area (TPSA) is 83.6 Å². The van der Waals surface area contributed by atoms with E-state index < -0.39 is 5.97 Å². The lowest BCUT2D eigenvalue weighted by molar-refractivity contribution is 0.0686. The predicted octanol–water partition coefficient (Wildman–Crippen LogP) is 2.40. The minimum atomic E-state index is -1.25. The number of hydrogen-bond acceptors (Lipinski definition) is 4. The van der Waals surface area contributed by atoms with Gasteiger partial charge in [0.05, 0.1) is 0 Å². The van der Waals surface area contributed by atoms with Crippen molar-refractivity contribution >= 4 is 17.6 Å². The van der Waals surface area contributed by atoms with Crippen LogP contribution in [0.15, 0.2) is 28.8 Å². The number of aromatic hydroxyl groups is 1. The molecule has 0 unspecified atom stereocenters. The molecule has 0 amide bonds. The largest absolute Gasteiger partial charge is 0.508 e. The molecule has 2 rings (SSSR count). The molecule has 0 bridgehead atoms. The van der Waals surface area contributed by atoms with Crippen molar-refractivity contribution in [2.24, 2.45) is 0 Å². The van der Waals surface area contributed by atoms with Gasteiger partial charge in [-0.2, -0.15) is 0 Å². The molecule has 0 aliphatic heterocycles. The van der Waals surface area contributed by atoms with Crippen LogP contribution < -0.4 is 0 Å². The fourth-order valence-electron chi connectivity index (χ4n) is 1.20. The van der Waals surface area contributed by atoms with Crippen molar-refractivity contribution in [3.8, 4) is 17.1 Å². The number of phenolic OH excluding ortho intramolecular Hbond substituents is 1. The van der Waals surface area contributed by atoms with Gasteiger partial charge in [-0.25, -0.2) is 4.79 Å². The molecule has 1 aromatic carbocycles. The van der Waals surface area contributed by atoms with Crippen LogP contribution in [0, 0.1) is 0 Å². The molecule has 6 heteroatoms. The summed E-state index contributed by atoms with van der Waals surface area (Å²) in [4.78, 5) is 10.7. The van der Waals surface area contributed by atoms with E-state index in [0.29, 0.717) is 5.56 Å². The van der Waals surface area contributed by atoms with Crippen LogP contribution in [0.2, 0.25) is 5.02 Å². The third-order valence-corrected chi connectivity index (χ3v) is 2.32. The standard InChI is InChI=1S/C10H6ClNO4/c11-7-8(10(14)15)12-16-9(7)5-1-3-6(13)4-2-5/h1-4,13H,(H,14,15). The average Bonchev–Trinajstić information content (AvgIpc) is 2.61. The molecule has 82 valence electrons. The van der Waals surface area contributed by atoms with Gasteiger partial charge in [-0.05, 0) is 24.3 Å². The Labute approximate surface area is 94.9 Å². The maximum absolute atomic E-state index is 10.7. The Morgan fingerprint density at radius 2 is 1.94 bits per heavy atom. The smallest absolute Gasteiger partial charge is 0.359 e. The first kappa shape index (κ1) is 10.5. The number of halogens is 1. The molecule has 1 aromatic heterocycles. The molecule has 0 fully saturated rings. The monoisotopic (exact) mass is 239 g/mol. The zero-order valence-electron chi connectivity index (χ0n) is 7.85. The summed E-state index contributed by atoms with van der Waals surface area (Å²) in [5.74, 6) is -0.990. The molecule has 0 saturated carbocycles. The second-order valence-electron chi connectivity index (χ2n) is 3.03. The molecule has 0 radical (unpaired) electrons. The van der Waals surface area contributed by atoms with E-state index in [1.54, 1.807) is 12.1 Å². The van der Waals surface area contributed by atoms with Gasteiger partial charge in [-0.15, -0.1) is 0 Å². The number of nitrogens with zero attached hydrogens (tertiary/aromatic N) is 1. The number of rotatable bonds is 2. The van der Waals surface area contributed by atoms with E-state index in [1.165, 1.54) is 12.1 Å². The molecule has 5 nitrogen and oxygen atoms in total. The second kappa shape index (κ2) is 3.86. The Hall–Kier alpha value is -2.01. The van der Waals surface area contributed by atoms with Gasteiger partial charge in [0, 0.05) is 5.56 Å². The molecule has 0 saturated heterocycles. The van der Waals surface area contributed by atoms with Crippen molar-refractivity contribution in [3.63, 3.8) is 0 Å². The van der Waals surface area contributed by atoms with E-state index >= 15 is 0 Å². The SMILES string of the molecule is O=C(O)c1noc(-c2ccc(O)cc2)c1Cl. The fourth-order valence-corrected chi connectivity index (χ4v) is 1.46. The van der Waals surface area contributed by atoms with E-state index in [1.807, 2.05) is 0 Å². The normalized spacial score (nSPS) is 10.3. The van der Waals surface area contributed by atoms with Crippen LogP contribution in [-0.4, -0.2) is 21.3 Å². The summed E-state index contributed by atoms with van der Waals surface area (Å²) in [7, 11) is 0. The quantitative estimate of drug-likeness (QED) is 0.841. The highest BCUT2D eigenvalue weighted by molar-refractivity contribution is 6.35. The van der Waals surface area contributed by atoms with Gasteiger partial charge in [-0.3, -0.25) is 0 Å². The number of benzene rings is 1. The van der Waals surface area contributed by atoms with Crippen LogP contribution in [0.25, 0.3) is 11.3 Å². The van der Waals surface area contributed by atoms with E-state index in [9.17, 15) is 4.79 Å². The predicted molar refractivity (Wildman–Crippen MR) is 55.6 cm³/mol. The number of carboxylic acids is 1. The van der Waals surface area contributed by atoms with Crippen LogP contribution in [0.3, 0.4) is 0 Å². The summed E-state index contributed by atoms with van der Waals surface area (Å²) >= 11 is 5.79. The Bertz CT molecular complexity index is 532. The van der Waals surface area contributed by atoms with E-state index in [2.05, 4.69) is 5.16 Å². The first-order valence-electron chi connectivity index (χ1n) is 4.27. The van der Waals surface area contributed by atoms with Gasteiger partial charge >= 0.3 is 5.97 Å². The number of aromatic nitrogens is 1. The van der Waals surface area contributed by atoms with Gasteiger partial charge in [0.15, 0.2) is 5.76 Å². The van der Waals surface area contributed by atoms with Crippen LogP contribution in [-0.2, 0) is 0 Å². The third kappa shape index (κ3) is 1.72. The van der Waals surface area contributed by atoms with Gasteiger partial charge in [0.2, 0.25) is 5.69 Å². The third-order valence-electron chi connectivity index (χ3n) is 1.97. The summed E-state index contributed by atoms with van der Waals surface area (Å²) < 4.78 is 4.84. The van der Waals surface area contributed by atoms with Crippen LogP contribution >= 0.6 is 11.6 Å². The molecule has 2 N–H and O–H groups in total. The highest BCUT2D eigenvalue weighted by atomic mass is 35.5. The summed E-state index contributed by atoms with van der Waals surface area (Å²) in [6, 6.07) is 5.98. The molecule has 0 atom stereocenters. The summed E-state index contributed by atoms with van der Waals surface area (Å²) in [5.41, 5.74) is 0.215. The van der Waals surface area contributed by atoms with Crippen LogP contribution in [0.1, 0.15) is 10.5 Å². The number of phenols is 1. The van der Waals surface area contributed by atoms with Gasteiger partial charge in [-0.1, -0.05) is 16.8 Å². The second-order valence-corrected chi connectivity index (χ2v) is 3.40.